The predicted molar refractivity (Wildman–Crippen MR) is 337 cm³/mol. The second-order valence-corrected chi connectivity index (χ2v) is 32.0. The predicted octanol–water partition coefficient (Wildman–Crippen LogP) is 15.4. The molecule has 1 aliphatic carbocycles. The van der Waals surface area contributed by atoms with Gasteiger partial charge >= 0.3 is 11.9 Å². The smallest absolute Gasteiger partial charge is 0.336 e. The number of amides is 2. The quantitative estimate of drug-likeness (QED) is 0.0796. The number of benzene rings is 8. The van der Waals surface area contributed by atoms with Crippen molar-refractivity contribution in [2.75, 3.05) is 10.6 Å². The summed E-state index contributed by atoms with van der Waals surface area (Å²) < 4.78 is 0. The molecule has 8 aromatic carbocycles. The Morgan fingerprint density at radius 2 is 0.610 bits per heavy atom. The summed E-state index contributed by atoms with van der Waals surface area (Å²) in [6.45, 7) is 13.2. The number of rotatable bonds is 10. The third-order valence-electron chi connectivity index (χ3n) is 14.0. The largest absolute Gasteiger partial charge is 0.478 e. The van der Waals surface area contributed by atoms with Crippen LogP contribution in [0, 0.1) is 58.4 Å². The fraction of sp³-hybridized carbons (Fsp3) is 0.167. The Labute approximate surface area is 483 Å². The zero-order valence-electron chi connectivity index (χ0n) is 46.8. The highest BCUT2D eigenvalue weighted by molar-refractivity contribution is 6.84. The highest BCUT2D eigenvalue weighted by atomic mass is 28.3. The molecule has 8 nitrogen and oxygen atoms in total. The number of carbonyl (C=O) groups is 4. The van der Waals surface area contributed by atoms with Crippen LogP contribution in [0.1, 0.15) is 79.8 Å². The molecule has 0 bridgehead atoms. The van der Waals surface area contributed by atoms with Crippen molar-refractivity contribution in [1.29, 1.82) is 0 Å². The number of anilines is 2. The van der Waals surface area contributed by atoms with Crippen molar-refractivity contribution in [3.05, 3.63) is 226 Å². The van der Waals surface area contributed by atoms with Crippen molar-refractivity contribution in [2.24, 2.45) is 11.8 Å². The Morgan fingerprint density at radius 1 is 0.366 bits per heavy atom. The number of carboxylic acids is 2. The lowest BCUT2D eigenvalue weighted by Crippen LogP contribution is -2.38. The summed E-state index contributed by atoms with van der Waals surface area (Å²) in [5.41, 5.74) is 18.9. The van der Waals surface area contributed by atoms with Gasteiger partial charge in [-0.2, -0.15) is 0 Å². The monoisotopic (exact) mass is 1110 g/mol. The third-order valence-corrected chi connectivity index (χ3v) is 15.7. The van der Waals surface area contributed by atoms with E-state index in [1.54, 1.807) is 24.3 Å². The van der Waals surface area contributed by atoms with Gasteiger partial charge in [-0.3, -0.25) is 9.59 Å². The van der Waals surface area contributed by atoms with Gasteiger partial charge in [0.15, 0.2) is 0 Å². The standard InChI is InChI=1S/C72H62N2O6Si2/c1-81(2,3)47-45-53-25-37-57(38-26-53)63-15-9-13-61(67(63)71(77)78)55-33-21-49(22-34-55)17-19-51-29-41-59(42-30-51)73-69(75)65-11-7-8-12-66(65)70(76)74-60-43-31-52(32-44-60)20-18-50-23-35-56(36-24-50)62-14-10-16-64(68(62)72(79)80)58-39-27-54(28-40-58)46-48-82(4,5)6/h9-10,13-16,21-44,65-66H,7-8,11-12H2,1-6H3,(H,73,75)(H,74,76)(H,77,78)(H,79,80)/t65-,66-/m0/s1. The molecule has 2 amide bonds. The lowest BCUT2D eigenvalue weighted by molar-refractivity contribution is -0.130. The van der Waals surface area contributed by atoms with Crippen LogP contribution < -0.4 is 10.6 Å². The van der Waals surface area contributed by atoms with Gasteiger partial charge in [-0.1, -0.05) is 173 Å². The molecule has 82 heavy (non-hydrogen) atoms. The lowest BCUT2D eigenvalue weighted by atomic mass is 9.78. The third kappa shape index (κ3) is 14.8. The topological polar surface area (TPSA) is 133 Å². The molecule has 0 saturated heterocycles. The van der Waals surface area contributed by atoms with Gasteiger partial charge in [-0.05, 0) is 154 Å². The van der Waals surface area contributed by atoms with E-state index in [0.717, 1.165) is 68.5 Å². The van der Waals surface area contributed by atoms with E-state index >= 15 is 0 Å². The number of carboxylic acid groups (broad SMARTS) is 2. The fourth-order valence-corrected chi connectivity index (χ4v) is 10.8. The van der Waals surface area contributed by atoms with Crippen molar-refractivity contribution in [2.45, 2.75) is 65.0 Å². The first-order valence-corrected chi connectivity index (χ1v) is 34.4. The van der Waals surface area contributed by atoms with Crippen LogP contribution in [0.2, 0.25) is 39.3 Å². The molecule has 1 fully saturated rings. The average Bonchev–Trinajstić information content (AvgIpc) is 3.68. The van der Waals surface area contributed by atoms with E-state index < -0.39 is 39.9 Å². The Kier molecular flexibility index (Phi) is 17.5. The van der Waals surface area contributed by atoms with Gasteiger partial charge in [0, 0.05) is 56.6 Å². The van der Waals surface area contributed by atoms with Crippen LogP contribution in [0.4, 0.5) is 11.4 Å². The molecule has 10 heteroatoms. The number of nitrogens with one attached hydrogen (secondary N) is 2. The molecule has 0 spiro atoms. The van der Waals surface area contributed by atoms with Crippen LogP contribution in [0.3, 0.4) is 0 Å². The minimum Gasteiger partial charge on any atom is -0.478 e. The molecule has 0 aliphatic heterocycles. The number of carbonyl (C=O) groups excluding carboxylic acids is 2. The van der Waals surface area contributed by atoms with Gasteiger partial charge in [0.2, 0.25) is 11.8 Å². The SMILES string of the molecule is C[Si](C)(C)C#Cc1ccc(-c2cccc(-c3ccc(C#Cc4ccc(NC(=O)[C@H]5CCCC[C@@H]5C(=O)Nc5ccc(C#Cc6ccc(-c7cccc(-c8ccc(C#C[Si](C)(C)C)cc8)c7C(=O)O)cc6)cc5)cc4)cc3)c2C(=O)O)cc1. The summed E-state index contributed by atoms with van der Waals surface area (Å²) in [5, 5.41) is 26.9. The average molecular weight is 1110 g/mol. The lowest BCUT2D eigenvalue weighted by Gasteiger charge is -2.29. The van der Waals surface area contributed by atoms with Crippen molar-refractivity contribution >= 4 is 51.3 Å². The van der Waals surface area contributed by atoms with Crippen molar-refractivity contribution in [3.8, 4) is 91.1 Å². The van der Waals surface area contributed by atoms with Gasteiger partial charge in [0.05, 0.1) is 11.1 Å². The van der Waals surface area contributed by atoms with Crippen LogP contribution in [0.5, 0.6) is 0 Å². The Hall–Kier alpha value is -9.69. The summed E-state index contributed by atoms with van der Waals surface area (Å²) in [6.07, 6.45) is 2.91. The van der Waals surface area contributed by atoms with E-state index in [-0.39, 0.29) is 22.9 Å². The zero-order chi connectivity index (χ0) is 58.0. The van der Waals surface area contributed by atoms with Crippen molar-refractivity contribution in [3.63, 3.8) is 0 Å². The first kappa shape index (κ1) is 57.0. The van der Waals surface area contributed by atoms with E-state index in [1.165, 1.54) is 0 Å². The molecule has 1 aliphatic rings. The fourth-order valence-electron chi connectivity index (χ4n) is 9.77. The Balaban J connectivity index is 0.788. The second kappa shape index (κ2) is 25.2. The van der Waals surface area contributed by atoms with E-state index in [1.807, 2.05) is 158 Å². The van der Waals surface area contributed by atoms with Gasteiger partial charge in [0.1, 0.15) is 16.1 Å². The summed E-state index contributed by atoms with van der Waals surface area (Å²) in [4.78, 5) is 52.9. The van der Waals surface area contributed by atoms with Crippen LogP contribution in [-0.4, -0.2) is 50.1 Å². The number of hydrogen-bond donors (Lipinski definition) is 4. The first-order valence-electron chi connectivity index (χ1n) is 27.4. The van der Waals surface area contributed by atoms with Gasteiger partial charge in [-0.15, -0.1) is 11.1 Å². The van der Waals surface area contributed by atoms with Gasteiger partial charge in [0.25, 0.3) is 0 Å². The normalized spacial score (nSPS) is 13.7. The van der Waals surface area contributed by atoms with E-state index in [9.17, 15) is 29.4 Å². The van der Waals surface area contributed by atoms with Crippen LogP contribution >= 0.6 is 0 Å². The van der Waals surface area contributed by atoms with Crippen LogP contribution in [0.15, 0.2) is 182 Å². The summed E-state index contributed by atoms with van der Waals surface area (Å²) in [6, 6.07) is 56.1. The Morgan fingerprint density at radius 3 is 0.854 bits per heavy atom. The summed E-state index contributed by atoms with van der Waals surface area (Å²) in [7, 11) is -3.07. The highest BCUT2D eigenvalue weighted by Gasteiger charge is 2.36. The number of aromatic carboxylic acids is 2. The molecule has 0 radical (unpaired) electrons. The first-order chi connectivity index (χ1) is 39.3. The van der Waals surface area contributed by atoms with Crippen molar-refractivity contribution in [1.82, 2.24) is 0 Å². The molecule has 0 heterocycles. The molecule has 9 rings (SSSR count). The van der Waals surface area contributed by atoms with E-state index in [4.69, 9.17) is 0 Å². The van der Waals surface area contributed by atoms with Crippen molar-refractivity contribution < 1.29 is 29.4 Å². The molecule has 404 valence electrons. The maximum atomic E-state index is 13.8. The maximum absolute atomic E-state index is 13.8. The molecule has 2 atom stereocenters. The van der Waals surface area contributed by atoms with Crippen LogP contribution in [0.25, 0.3) is 44.5 Å². The molecule has 0 aromatic heterocycles. The number of hydrogen-bond acceptors (Lipinski definition) is 4. The second-order valence-electron chi connectivity index (χ2n) is 22.5. The highest BCUT2D eigenvalue weighted by Crippen LogP contribution is 2.36. The van der Waals surface area contributed by atoms with E-state index in [2.05, 4.69) is 96.5 Å². The molecule has 8 aromatic rings. The molecular weight excluding hydrogens is 1040 g/mol. The molecule has 0 unspecified atom stereocenters. The summed E-state index contributed by atoms with van der Waals surface area (Å²) >= 11 is 0. The minimum atomic E-state index is -1.54. The van der Waals surface area contributed by atoms with Gasteiger partial charge in [-0.25, -0.2) is 9.59 Å². The van der Waals surface area contributed by atoms with E-state index in [0.29, 0.717) is 46.5 Å². The summed E-state index contributed by atoms with van der Waals surface area (Å²) in [5.74, 6) is 15.9. The minimum absolute atomic E-state index is 0.199. The van der Waals surface area contributed by atoms with Gasteiger partial charge < -0.3 is 20.8 Å². The van der Waals surface area contributed by atoms with Crippen LogP contribution in [-0.2, 0) is 9.59 Å². The molecule has 1 saturated carbocycles. The molecule has 4 N–H and O–H groups in total. The molecular formula is C72H62N2O6Si2. The Bertz CT molecular complexity index is 3710. The maximum Gasteiger partial charge on any atom is 0.336 e. The zero-order valence-corrected chi connectivity index (χ0v) is 48.8.